The molecule has 0 bridgehead atoms. The number of aromatic nitrogens is 1. The normalized spacial score (nSPS) is 10.2. The van der Waals surface area contributed by atoms with E-state index in [1.165, 1.54) is 0 Å². The van der Waals surface area contributed by atoms with Crippen LogP contribution in [0.5, 0.6) is 0 Å². The first-order chi connectivity index (χ1) is 6.11. The first-order valence-corrected chi connectivity index (χ1v) is 4.33. The van der Waals surface area contributed by atoms with Crippen molar-refractivity contribution in [2.45, 2.75) is 26.8 Å². The molecule has 0 saturated carbocycles. The third-order valence-electron chi connectivity index (χ3n) is 1.64. The summed E-state index contributed by atoms with van der Waals surface area (Å²) in [6, 6.07) is 3.85. The fraction of sp³-hybridized carbons (Fsp3) is 0.400. The molecule has 70 valence electrons. The third kappa shape index (κ3) is 2.54. The Morgan fingerprint density at radius 2 is 2.23 bits per heavy atom. The molecule has 0 unspecified atom stereocenters. The molecule has 1 heterocycles. The molecular weight excluding hydrogens is 164 g/mol. The minimum absolute atomic E-state index is 0.104. The molecule has 0 aliphatic carbocycles. The van der Waals surface area contributed by atoms with Crippen LogP contribution in [0.15, 0.2) is 18.3 Å². The van der Waals surface area contributed by atoms with Crippen molar-refractivity contribution in [3.8, 4) is 0 Å². The van der Waals surface area contributed by atoms with Crippen LogP contribution in [0.3, 0.4) is 0 Å². The van der Waals surface area contributed by atoms with Gasteiger partial charge in [0.05, 0.1) is 0 Å². The highest BCUT2D eigenvalue weighted by Gasteiger charge is 2.09. The van der Waals surface area contributed by atoms with E-state index >= 15 is 0 Å². The second kappa shape index (κ2) is 4.03. The predicted octanol–water partition coefficient (Wildman–Crippen LogP) is 1.53. The molecule has 0 radical (unpaired) electrons. The van der Waals surface area contributed by atoms with E-state index in [1.54, 1.807) is 6.20 Å². The van der Waals surface area contributed by atoms with E-state index in [-0.39, 0.29) is 11.9 Å². The Morgan fingerprint density at radius 1 is 1.54 bits per heavy atom. The lowest BCUT2D eigenvalue weighted by molar-refractivity contribution is 0.0937. The lowest BCUT2D eigenvalue weighted by Gasteiger charge is -2.08. The van der Waals surface area contributed by atoms with E-state index in [9.17, 15) is 4.79 Å². The van der Waals surface area contributed by atoms with E-state index in [1.807, 2.05) is 32.9 Å². The molecule has 1 N–H and O–H groups in total. The molecule has 0 aliphatic heterocycles. The Balaban J connectivity index is 2.83. The number of aryl methyl sites for hydroxylation is 1. The number of nitrogens with one attached hydrogen (secondary N) is 1. The Morgan fingerprint density at radius 3 is 2.77 bits per heavy atom. The average Bonchev–Trinajstić information content (AvgIpc) is 2.03. The Labute approximate surface area is 78.2 Å². The Kier molecular flexibility index (Phi) is 3.01. The maximum Gasteiger partial charge on any atom is 0.270 e. The van der Waals surface area contributed by atoms with Crippen LogP contribution in [0, 0.1) is 6.92 Å². The van der Waals surface area contributed by atoms with E-state index in [0.29, 0.717) is 5.69 Å². The summed E-state index contributed by atoms with van der Waals surface area (Å²) < 4.78 is 0. The summed E-state index contributed by atoms with van der Waals surface area (Å²) in [5, 5.41) is 2.80. The van der Waals surface area contributed by atoms with Gasteiger partial charge in [-0.25, -0.2) is 0 Å². The highest BCUT2D eigenvalue weighted by atomic mass is 16.1. The number of pyridine rings is 1. The largest absolute Gasteiger partial charge is 0.349 e. The number of carbonyl (C=O) groups excluding carboxylic acids is 1. The number of rotatable bonds is 2. The molecule has 1 aromatic heterocycles. The molecule has 3 nitrogen and oxygen atoms in total. The maximum absolute atomic E-state index is 11.5. The van der Waals surface area contributed by atoms with Gasteiger partial charge < -0.3 is 5.32 Å². The molecule has 1 amide bonds. The molecule has 0 aromatic carbocycles. The topological polar surface area (TPSA) is 42.0 Å². The summed E-state index contributed by atoms with van der Waals surface area (Å²) in [6.07, 6.45) is 1.63. The van der Waals surface area contributed by atoms with Crippen molar-refractivity contribution < 1.29 is 4.79 Å². The zero-order valence-electron chi connectivity index (χ0n) is 8.16. The van der Waals surface area contributed by atoms with Crippen LogP contribution in [0.4, 0.5) is 0 Å². The van der Waals surface area contributed by atoms with Crippen LogP contribution in [0.1, 0.15) is 29.9 Å². The third-order valence-corrected chi connectivity index (χ3v) is 1.64. The van der Waals surface area contributed by atoms with Gasteiger partial charge in [-0.3, -0.25) is 9.78 Å². The molecule has 1 aromatic rings. The van der Waals surface area contributed by atoms with E-state index in [0.717, 1.165) is 5.56 Å². The molecule has 13 heavy (non-hydrogen) atoms. The van der Waals surface area contributed by atoms with Gasteiger partial charge in [0.2, 0.25) is 0 Å². The van der Waals surface area contributed by atoms with Crippen molar-refractivity contribution in [2.75, 3.05) is 0 Å². The number of carbonyl (C=O) groups is 1. The lowest BCUT2D eigenvalue weighted by atomic mass is 10.2. The van der Waals surface area contributed by atoms with E-state index in [4.69, 9.17) is 0 Å². The molecule has 0 spiro atoms. The summed E-state index contributed by atoms with van der Waals surface area (Å²) in [6.45, 7) is 5.73. The standard InChI is InChI=1S/C10H14N2O/c1-7(2)12-10(13)9-8(3)5-4-6-11-9/h4-7H,1-3H3,(H,12,13). The predicted molar refractivity (Wildman–Crippen MR) is 51.6 cm³/mol. The molecule has 0 atom stereocenters. The Bertz CT molecular complexity index is 308. The van der Waals surface area contributed by atoms with Crippen molar-refractivity contribution >= 4 is 5.91 Å². The molecule has 0 fully saturated rings. The van der Waals surface area contributed by atoms with Gasteiger partial charge in [0, 0.05) is 12.2 Å². The quantitative estimate of drug-likeness (QED) is 0.746. The molecule has 0 aliphatic rings. The van der Waals surface area contributed by atoms with E-state index < -0.39 is 0 Å². The van der Waals surface area contributed by atoms with Crippen molar-refractivity contribution in [3.63, 3.8) is 0 Å². The van der Waals surface area contributed by atoms with Crippen LogP contribution in [0.25, 0.3) is 0 Å². The number of nitrogens with zero attached hydrogens (tertiary/aromatic N) is 1. The maximum atomic E-state index is 11.5. The highest BCUT2D eigenvalue weighted by molar-refractivity contribution is 5.93. The van der Waals surface area contributed by atoms with Crippen LogP contribution in [-0.4, -0.2) is 16.9 Å². The summed E-state index contributed by atoms with van der Waals surface area (Å²) in [7, 11) is 0. The van der Waals surface area contributed by atoms with Gasteiger partial charge in [0.1, 0.15) is 5.69 Å². The molecule has 3 heteroatoms. The molecule has 0 saturated heterocycles. The van der Waals surface area contributed by atoms with Crippen LogP contribution in [-0.2, 0) is 0 Å². The second-order valence-corrected chi connectivity index (χ2v) is 3.30. The second-order valence-electron chi connectivity index (χ2n) is 3.30. The summed E-state index contributed by atoms with van der Waals surface area (Å²) in [5.41, 5.74) is 1.41. The molecular formula is C10H14N2O. The van der Waals surface area contributed by atoms with Gasteiger partial charge in [-0.15, -0.1) is 0 Å². The minimum atomic E-state index is -0.104. The SMILES string of the molecule is Cc1cccnc1C(=O)NC(C)C. The zero-order valence-corrected chi connectivity index (χ0v) is 8.16. The minimum Gasteiger partial charge on any atom is -0.349 e. The summed E-state index contributed by atoms with van der Waals surface area (Å²) in [5.74, 6) is -0.104. The first kappa shape index (κ1) is 9.71. The fourth-order valence-corrected chi connectivity index (χ4v) is 1.05. The van der Waals surface area contributed by atoms with Crippen LogP contribution < -0.4 is 5.32 Å². The monoisotopic (exact) mass is 178 g/mol. The number of hydrogen-bond donors (Lipinski definition) is 1. The summed E-state index contributed by atoms with van der Waals surface area (Å²) >= 11 is 0. The van der Waals surface area contributed by atoms with E-state index in [2.05, 4.69) is 10.3 Å². The van der Waals surface area contributed by atoms with Crippen molar-refractivity contribution in [2.24, 2.45) is 0 Å². The summed E-state index contributed by atoms with van der Waals surface area (Å²) in [4.78, 5) is 15.5. The van der Waals surface area contributed by atoms with Crippen molar-refractivity contribution in [1.29, 1.82) is 0 Å². The van der Waals surface area contributed by atoms with Gasteiger partial charge >= 0.3 is 0 Å². The van der Waals surface area contributed by atoms with Gasteiger partial charge in [0.25, 0.3) is 5.91 Å². The molecule has 1 rings (SSSR count). The number of hydrogen-bond acceptors (Lipinski definition) is 2. The zero-order chi connectivity index (χ0) is 9.84. The highest BCUT2D eigenvalue weighted by Crippen LogP contribution is 2.02. The average molecular weight is 178 g/mol. The van der Waals surface area contributed by atoms with Crippen molar-refractivity contribution in [1.82, 2.24) is 10.3 Å². The van der Waals surface area contributed by atoms with Crippen LogP contribution >= 0.6 is 0 Å². The van der Waals surface area contributed by atoms with Gasteiger partial charge in [-0.2, -0.15) is 0 Å². The van der Waals surface area contributed by atoms with Crippen molar-refractivity contribution in [3.05, 3.63) is 29.6 Å². The smallest absolute Gasteiger partial charge is 0.270 e. The van der Waals surface area contributed by atoms with Gasteiger partial charge in [-0.1, -0.05) is 6.07 Å². The Hall–Kier alpha value is -1.38. The van der Waals surface area contributed by atoms with Crippen LogP contribution in [0.2, 0.25) is 0 Å². The van der Waals surface area contributed by atoms with Gasteiger partial charge in [0.15, 0.2) is 0 Å². The number of amides is 1. The fourth-order valence-electron chi connectivity index (χ4n) is 1.05. The van der Waals surface area contributed by atoms with Gasteiger partial charge in [-0.05, 0) is 32.4 Å². The lowest BCUT2D eigenvalue weighted by Crippen LogP contribution is -2.31. The first-order valence-electron chi connectivity index (χ1n) is 4.33.